The van der Waals surface area contributed by atoms with Crippen LogP contribution < -0.4 is 5.32 Å². The summed E-state index contributed by atoms with van der Waals surface area (Å²) in [7, 11) is 1.25. The van der Waals surface area contributed by atoms with Gasteiger partial charge in [-0.25, -0.2) is 4.99 Å². The van der Waals surface area contributed by atoms with Crippen molar-refractivity contribution in [2.45, 2.75) is 12.8 Å². The number of ether oxygens (including phenoxy) is 1. The van der Waals surface area contributed by atoms with E-state index >= 15 is 0 Å². The van der Waals surface area contributed by atoms with Gasteiger partial charge in [-0.15, -0.1) is 0 Å². The lowest BCUT2D eigenvalue weighted by Gasteiger charge is -2.26. The van der Waals surface area contributed by atoms with Crippen LogP contribution in [-0.2, 0) is 14.3 Å². The van der Waals surface area contributed by atoms with Crippen LogP contribution in [-0.4, -0.2) is 54.2 Å². The Balaban J connectivity index is 1.90. The molecule has 1 aromatic heterocycles. The molecule has 1 atom stereocenters. The summed E-state index contributed by atoms with van der Waals surface area (Å²) in [5.74, 6) is -1.53. The number of esters is 1. The van der Waals surface area contributed by atoms with E-state index in [2.05, 4.69) is 25.0 Å². The van der Waals surface area contributed by atoms with Gasteiger partial charge >= 0.3 is 5.97 Å². The van der Waals surface area contributed by atoms with Crippen LogP contribution in [0.3, 0.4) is 0 Å². The van der Waals surface area contributed by atoms with Gasteiger partial charge in [0, 0.05) is 35.3 Å². The Morgan fingerprint density at radius 2 is 2.03 bits per heavy atom. The maximum atomic E-state index is 13.0. The highest BCUT2D eigenvalue weighted by atomic mass is 16.5. The first-order valence-electron chi connectivity index (χ1n) is 9.98. The lowest BCUT2D eigenvalue weighted by molar-refractivity contribution is -0.140. The van der Waals surface area contributed by atoms with Gasteiger partial charge in [0.15, 0.2) is 0 Å². The highest BCUT2D eigenvalue weighted by Crippen LogP contribution is 2.37. The fourth-order valence-electron chi connectivity index (χ4n) is 3.92. The lowest BCUT2D eigenvalue weighted by atomic mass is 9.81. The minimum atomic E-state index is -0.567. The lowest BCUT2D eigenvalue weighted by Crippen LogP contribution is -2.35. The van der Waals surface area contributed by atoms with E-state index in [4.69, 9.17) is 0 Å². The van der Waals surface area contributed by atoms with E-state index in [-0.39, 0.29) is 23.8 Å². The Bertz CT molecular complexity index is 1110. The monoisotopic (exact) mass is 418 g/mol. The number of methoxy groups -OCH3 is 1. The quantitative estimate of drug-likeness (QED) is 0.741. The fraction of sp³-hybridized carbons (Fsp3) is 0.261. The smallest absolute Gasteiger partial charge is 0.325 e. The molecule has 1 aromatic carbocycles. The maximum absolute atomic E-state index is 13.0. The third-order valence-corrected chi connectivity index (χ3v) is 5.43. The van der Waals surface area contributed by atoms with E-state index in [0.717, 1.165) is 22.5 Å². The zero-order valence-electron chi connectivity index (χ0n) is 17.0. The van der Waals surface area contributed by atoms with Gasteiger partial charge in [0.1, 0.15) is 18.6 Å². The van der Waals surface area contributed by atoms with Gasteiger partial charge in [-0.1, -0.05) is 24.3 Å². The number of rotatable bonds is 4. The molecule has 8 nitrogen and oxygen atoms in total. The zero-order chi connectivity index (χ0) is 21.8. The number of nitrogens with zero attached hydrogens (tertiary/aromatic N) is 3. The summed E-state index contributed by atoms with van der Waals surface area (Å²) >= 11 is 0. The first-order chi connectivity index (χ1) is 15.1. The Hall–Kier alpha value is -3.81. The number of benzene rings is 1. The standard InChI is InChI=1S/C23H22N4O4/c1-31-19(28)12-26-23(30)20-14-8-9-18(27-13-24-11-14)21-15(17-7-2-3-10-25-17)5-4-6-16(21)22(20)29/h2-7,10,13-14,29H,8-9,11-12H2,1H3,(H,26,30)/b22-20-,24-13?,27-18?. The number of nitrogens with one attached hydrogen (secondary N) is 1. The fourth-order valence-corrected chi connectivity index (χ4v) is 3.92. The number of aliphatic imine (C=N–C) groups is 2. The molecule has 0 fully saturated rings. The van der Waals surface area contributed by atoms with Crippen molar-refractivity contribution >= 4 is 29.7 Å². The van der Waals surface area contributed by atoms with Crippen molar-refractivity contribution in [3.8, 4) is 11.3 Å². The summed E-state index contributed by atoms with van der Waals surface area (Å²) in [6, 6.07) is 11.1. The molecular weight excluding hydrogens is 396 g/mol. The van der Waals surface area contributed by atoms with E-state index in [0.29, 0.717) is 24.9 Å². The SMILES string of the molecule is COC(=O)CNC(=O)/C1=C(\O)c2cccc(-c3ccccn3)c2C2=NC=NCC1CC2. The summed E-state index contributed by atoms with van der Waals surface area (Å²) in [6.07, 6.45) is 4.40. The summed E-state index contributed by atoms with van der Waals surface area (Å²) < 4.78 is 4.60. The van der Waals surface area contributed by atoms with Crippen LogP contribution in [0, 0.1) is 5.92 Å². The summed E-state index contributed by atoms with van der Waals surface area (Å²) in [6.45, 7) is 0.0344. The number of aromatic nitrogens is 1. The molecule has 2 aromatic rings. The molecule has 158 valence electrons. The van der Waals surface area contributed by atoms with Gasteiger partial charge in [-0.2, -0.15) is 0 Å². The van der Waals surface area contributed by atoms with E-state index < -0.39 is 11.9 Å². The van der Waals surface area contributed by atoms with Crippen LogP contribution in [0.2, 0.25) is 0 Å². The van der Waals surface area contributed by atoms with Crippen molar-refractivity contribution in [1.82, 2.24) is 10.3 Å². The molecule has 0 saturated carbocycles. The molecule has 2 aliphatic rings. The van der Waals surface area contributed by atoms with Gasteiger partial charge in [-0.05, 0) is 25.0 Å². The molecule has 1 aliphatic carbocycles. The Morgan fingerprint density at radius 1 is 1.19 bits per heavy atom. The number of aliphatic hydroxyl groups is 1. The minimum absolute atomic E-state index is 0.135. The minimum Gasteiger partial charge on any atom is -0.507 e. The van der Waals surface area contributed by atoms with Gasteiger partial charge in [0.2, 0.25) is 0 Å². The van der Waals surface area contributed by atoms with E-state index in [1.807, 2.05) is 30.3 Å². The number of hydrogen-bond acceptors (Lipinski definition) is 7. The first kappa shape index (κ1) is 20.5. The molecule has 0 saturated heterocycles. The second-order valence-corrected chi connectivity index (χ2v) is 7.26. The van der Waals surface area contributed by atoms with Crippen LogP contribution in [0.4, 0.5) is 0 Å². The van der Waals surface area contributed by atoms with Gasteiger partial charge in [0.05, 0.1) is 24.1 Å². The van der Waals surface area contributed by atoms with E-state index in [9.17, 15) is 14.7 Å². The molecule has 0 spiro atoms. The topological polar surface area (TPSA) is 113 Å². The van der Waals surface area contributed by atoms with Crippen molar-refractivity contribution in [3.05, 3.63) is 59.3 Å². The van der Waals surface area contributed by atoms with Crippen LogP contribution in [0.1, 0.15) is 24.0 Å². The molecule has 8 heteroatoms. The number of pyridine rings is 1. The zero-order valence-corrected chi connectivity index (χ0v) is 17.0. The summed E-state index contributed by atoms with van der Waals surface area (Å²) in [5, 5.41) is 13.9. The van der Waals surface area contributed by atoms with Crippen molar-refractivity contribution in [1.29, 1.82) is 0 Å². The first-order valence-corrected chi connectivity index (χ1v) is 9.98. The molecule has 2 heterocycles. The van der Waals surface area contributed by atoms with Crippen LogP contribution in [0.15, 0.2) is 58.2 Å². The van der Waals surface area contributed by atoms with Gasteiger partial charge in [0.25, 0.3) is 5.91 Å². The summed E-state index contributed by atoms with van der Waals surface area (Å²) in [4.78, 5) is 37.8. The second kappa shape index (κ2) is 8.91. The molecule has 1 amide bonds. The van der Waals surface area contributed by atoms with Crippen LogP contribution >= 0.6 is 0 Å². The molecule has 1 aliphatic heterocycles. The van der Waals surface area contributed by atoms with Crippen molar-refractivity contribution in [3.63, 3.8) is 0 Å². The predicted octanol–water partition coefficient (Wildman–Crippen LogP) is 2.55. The Kier molecular flexibility index (Phi) is 5.88. The molecule has 2 N–H and O–H groups in total. The largest absolute Gasteiger partial charge is 0.507 e. The predicted molar refractivity (Wildman–Crippen MR) is 117 cm³/mol. The second-order valence-electron chi connectivity index (χ2n) is 7.26. The van der Waals surface area contributed by atoms with E-state index in [1.165, 1.54) is 13.4 Å². The van der Waals surface area contributed by atoms with Gasteiger partial charge < -0.3 is 15.2 Å². The summed E-state index contributed by atoms with van der Waals surface area (Å²) in [5.41, 5.74) is 3.77. The third-order valence-electron chi connectivity index (χ3n) is 5.43. The van der Waals surface area contributed by atoms with Gasteiger partial charge in [-0.3, -0.25) is 19.6 Å². The number of hydrogen-bond donors (Lipinski definition) is 2. The molecule has 4 rings (SSSR count). The highest BCUT2D eigenvalue weighted by molar-refractivity contribution is 6.13. The van der Waals surface area contributed by atoms with Crippen molar-refractivity contribution in [2.75, 3.05) is 20.2 Å². The number of carbonyl (C=O) groups is 2. The number of carbonyl (C=O) groups excluding carboxylic acids is 2. The number of fused-ring (bicyclic) bond motifs is 5. The average molecular weight is 418 g/mol. The van der Waals surface area contributed by atoms with E-state index in [1.54, 1.807) is 12.3 Å². The highest BCUT2D eigenvalue weighted by Gasteiger charge is 2.32. The molecule has 0 radical (unpaired) electrons. The maximum Gasteiger partial charge on any atom is 0.325 e. The van der Waals surface area contributed by atoms with Crippen molar-refractivity contribution < 1.29 is 19.4 Å². The normalized spacial score (nSPS) is 19.9. The van der Waals surface area contributed by atoms with Crippen LogP contribution in [0.5, 0.6) is 0 Å². The van der Waals surface area contributed by atoms with Crippen molar-refractivity contribution in [2.24, 2.45) is 15.9 Å². The Labute approximate surface area is 179 Å². The molecular formula is C23H22N4O4. The third kappa shape index (κ3) is 4.09. The molecule has 1 unspecified atom stereocenters. The molecule has 2 bridgehead atoms. The number of amides is 1. The molecule has 31 heavy (non-hydrogen) atoms. The average Bonchev–Trinajstić information content (AvgIpc) is 2.78. The van der Waals surface area contributed by atoms with Crippen LogP contribution in [0.25, 0.3) is 17.0 Å². The Morgan fingerprint density at radius 3 is 2.81 bits per heavy atom. The number of aliphatic hydroxyl groups excluding tert-OH is 1.